The predicted octanol–water partition coefficient (Wildman–Crippen LogP) is 0.424. The van der Waals surface area contributed by atoms with Crippen molar-refractivity contribution < 1.29 is 8.42 Å². The van der Waals surface area contributed by atoms with Gasteiger partial charge in [0.05, 0.1) is 12.1 Å². The van der Waals surface area contributed by atoms with Gasteiger partial charge in [-0.3, -0.25) is 4.31 Å². The Kier molecular flexibility index (Phi) is 1.72. The molecule has 0 bridgehead atoms. The topological polar surface area (TPSA) is 37.4 Å². The van der Waals surface area contributed by atoms with Gasteiger partial charge in [-0.05, 0) is 5.41 Å². The minimum absolute atomic E-state index is 0.527. The molecule has 0 atom stereocenters. The molecule has 0 N–H and O–H groups in total. The monoisotopic (exact) mass is 165 g/mol. The number of hydrogen-bond donors (Lipinski definition) is 0. The Bertz CT molecular complexity index is 219. The van der Waals surface area contributed by atoms with Gasteiger partial charge in [-0.1, -0.05) is 0 Å². The van der Waals surface area contributed by atoms with Crippen LogP contribution in [0, 0.1) is 0 Å². The fourth-order valence-corrected chi connectivity index (χ4v) is 2.34. The summed E-state index contributed by atoms with van der Waals surface area (Å²) in [7, 11) is -2.98. The molecule has 0 unspecified atom stereocenters. The van der Waals surface area contributed by atoms with Gasteiger partial charge in [-0.25, -0.2) is 8.42 Å². The summed E-state index contributed by atoms with van der Waals surface area (Å²) >= 11 is 1.48. The van der Waals surface area contributed by atoms with Crippen LogP contribution in [-0.2, 0) is 10.0 Å². The van der Waals surface area contributed by atoms with Crippen LogP contribution in [0.4, 0.5) is 0 Å². The molecule has 0 aromatic carbocycles. The predicted molar refractivity (Wildman–Crippen MR) is 38.3 cm³/mol. The van der Waals surface area contributed by atoms with Crippen molar-refractivity contribution in [1.82, 2.24) is 4.31 Å². The minimum Gasteiger partial charge on any atom is -0.267 e. The lowest BCUT2D eigenvalue weighted by molar-refractivity contribution is 0.543. The highest BCUT2D eigenvalue weighted by atomic mass is 32.2. The second-order valence-electron chi connectivity index (χ2n) is 1.73. The Balaban J connectivity index is 2.76. The Morgan fingerprint density at radius 3 is 2.56 bits per heavy atom. The molecule has 0 aromatic rings. The fourth-order valence-electron chi connectivity index (χ4n) is 0.477. The quantitative estimate of drug-likeness (QED) is 0.565. The number of sulfonamides is 1. The smallest absolute Gasteiger partial charge is 0.232 e. The van der Waals surface area contributed by atoms with Crippen molar-refractivity contribution in [2.45, 2.75) is 0 Å². The van der Waals surface area contributed by atoms with Crippen LogP contribution in [0.2, 0.25) is 0 Å². The van der Waals surface area contributed by atoms with Gasteiger partial charge in [-0.15, -0.1) is 11.8 Å². The van der Waals surface area contributed by atoms with Crippen LogP contribution in [0.5, 0.6) is 0 Å². The van der Waals surface area contributed by atoms with Crippen molar-refractivity contribution in [3.63, 3.8) is 0 Å². The minimum atomic E-state index is -2.98. The molecule has 0 saturated carbocycles. The zero-order valence-electron chi connectivity index (χ0n) is 4.94. The first-order chi connectivity index (χ1) is 4.11. The summed E-state index contributed by atoms with van der Waals surface area (Å²) in [4.78, 5) is 0. The summed E-state index contributed by atoms with van der Waals surface area (Å²) in [6.07, 6.45) is 2.77. The maximum absolute atomic E-state index is 10.7. The summed E-state index contributed by atoms with van der Waals surface area (Å²) < 4.78 is 22.7. The van der Waals surface area contributed by atoms with E-state index in [9.17, 15) is 8.42 Å². The molecule has 0 radical (unpaired) electrons. The summed E-state index contributed by atoms with van der Waals surface area (Å²) in [5, 5.41) is 1.76. The molecule has 5 heteroatoms. The highest BCUT2D eigenvalue weighted by Crippen LogP contribution is 2.17. The van der Waals surface area contributed by atoms with E-state index in [0.717, 1.165) is 0 Å². The summed E-state index contributed by atoms with van der Waals surface area (Å²) in [5.41, 5.74) is 0. The molecule has 0 amide bonds. The molecule has 0 aliphatic carbocycles. The molecule has 1 heterocycles. The SMILES string of the molecule is CS(=O)(=O)N1C=CSC1. The second kappa shape index (κ2) is 2.22. The third kappa shape index (κ3) is 1.62. The molecule has 0 saturated heterocycles. The zero-order chi connectivity index (χ0) is 6.91. The van der Waals surface area contributed by atoms with Gasteiger partial charge < -0.3 is 0 Å². The highest BCUT2D eigenvalue weighted by Gasteiger charge is 2.13. The number of nitrogens with zero attached hydrogens (tertiary/aromatic N) is 1. The summed E-state index contributed by atoms with van der Waals surface area (Å²) in [5.74, 6) is 0.527. The molecule has 1 aliphatic rings. The third-order valence-corrected chi connectivity index (χ3v) is 2.96. The molecular weight excluding hydrogens is 158 g/mol. The van der Waals surface area contributed by atoms with Crippen LogP contribution in [0.1, 0.15) is 0 Å². The first-order valence-electron chi connectivity index (χ1n) is 2.36. The van der Waals surface area contributed by atoms with E-state index >= 15 is 0 Å². The van der Waals surface area contributed by atoms with E-state index in [1.54, 1.807) is 11.6 Å². The molecule has 0 spiro atoms. The third-order valence-electron chi connectivity index (χ3n) is 0.951. The van der Waals surface area contributed by atoms with Crippen molar-refractivity contribution in [2.24, 2.45) is 0 Å². The van der Waals surface area contributed by atoms with Crippen molar-refractivity contribution in [3.05, 3.63) is 11.6 Å². The molecule has 3 nitrogen and oxygen atoms in total. The van der Waals surface area contributed by atoms with Gasteiger partial charge in [0.2, 0.25) is 10.0 Å². The van der Waals surface area contributed by atoms with Gasteiger partial charge >= 0.3 is 0 Å². The maximum Gasteiger partial charge on any atom is 0.232 e. The van der Waals surface area contributed by atoms with Crippen molar-refractivity contribution in [3.8, 4) is 0 Å². The molecular formula is C4H7NO2S2. The average Bonchev–Trinajstić information content (AvgIpc) is 2.08. The van der Waals surface area contributed by atoms with Crippen molar-refractivity contribution >= 4 is 21.8 Å². The van der Waals surface area contributed by atoms with Crippen molar-refractivity contribution in [1.29, 1.82) is 0 Å². The highest BCUT2D eigenvalue weighted by molar-refractivity contribution is 8.03. The molecule has 1 rings (SSSR count). The lowest BCUT2D eigenvalue weighted by Crippen LogP contribution is -2.20. The number of rotatable bonds is 1. The van der Waals surface area contributed by atoms with Gasteiger partial charge in [0.25, 0.3) is 0 Å². The molecule has 52 valence electrons. The lowest BCUT2D eigenvalue weighted by atomic mass is 11.0. The summed E-state index contributed by atoms with van der Waals surface area (Å²) in [6.45, 7) is 0. The van der Waals surface area contributed by atoms with Crippen LogP contribution in [0.25, 0.3) is 0 Å². The second-order valence-corrected chi connectivity index (χ2v) is 4.53. The largest absolute Gasteiger partial charge is 0.267 e. The normalized spacial score (nSPS) is 19.0. The molecule has 0 fully saturated rings. The molecule has 1 aliphatic heterocycles. The van der Waals surface area contributed by atoms with E-state index in [2.05, 4.69) is 0 Å². The number of thioether (sulfide) groups is 1. The number of hydrogen-bond acceptors (Lipinski definition) is 3. The lowest BCUT2D eigenvalue weighted by Gasteiger charge is -2.09. The van der Waals surface area contributed by atoms with Crippen molar-refractivity contribution in [2.75, 3.05) is 12.1 Å². The van der Waals surface area contributed by atoms with E-state index in [0.29, 0.717) is 5.88 Å². The Labute approximate surface area is 58.8 Å². The first-order valence-corrected chi connectivity index (χ1v) is 5.25. The Morgan fingerprint density at radius 2 is 2.33 bits per heavy atom. The van der Waals surface area contributed by atoms with E-state index in [4.69, 9.17) is 0 Å². The van der Waals surface area contributed by atoms with Crippen LogP contribution in [-0.4, -0.2) is 24.9 Å². The zero-order valence-corrected chi connectivity index (χ0v) is 6.58. The van der Waals surface area contributed by atoms with Crippen LogP contribution in [0.15, 0.2) is 11.6 Å². The van der Waals surface area contributed by atoms with Gasteiger partial charge in [-0.2, -0.15) is 0 Å². The first kappa shape index (κ1) is 6.95. The van der Waals surface area contributed by atoms with Crippen LogP contribution < -0.4 is 0 Å². The van der Waals surface area contributed by atoms with E-state index in [1.165, 1.54) is 22.3 Å². The van der Waals surface area contributed by atoms with Gasteiger partial charge in [0, 0.05) is 6.20 Å². The van der Waals surface area contributed by atoms with Gasteiger partial charge in [0.1, 0.15) is 0 Å². The van der Waals surface area contributed by atoms with E-state index in [1.807, 2.05) is 0 Å². The van der Waals surface area contributed by atoms with E-state index < -0.39 is 10.0 Å². The van der Waals surface area contributed by atoms with Crippen LogP contribution >= 0.6 is 11.8 Å². The average molecular weight is 165 g/mol. The van der Waals surface area contributed by atoms with E-state index in [-0.39, 0.29) is 0 Å². The molecule has 0 aromatic heterocycles. The van der Waals surface area contributed by atoms with Crippen LogP contribution in [0.3, 0.4) is 0 Å². The maximum atomic E-state index is 10.7. The fraction of sp³-hybridized carbons (Fsp3) is 0.500. The summed E-state index contributed by atoms with van der Waals surface area (Å²) in [6, 6.07) is 0. The van der Waals surface area contributed by atoms with Gasteiger partial charge in [0.15, 0.2) is 0 Å². The Hall–Kier alpha value is -0.160. The molecule has 9 heavy (non-hydrogen) atoms. The standard InChI is InChI=1S/C4H7NO2S2/c1-9(6,7)5-2-3-8-4-5/h2-3H,4H2,1H3. The Morgan fingerprint density at radius 1 is 1.67 bits per heavy atom.